The molecule has 2 rings (SSSR count). The number of allylic oxidation sites excluding steroid dienone is 3. The molecule has 0 aromatic rings. The maximum Gasteiger partial charge on any atom is 0.234 e. The third kappa shape index (κ3) is 4.47. The molecule has 1 amide bonds. The van der Waals surface area contributed by atoms with Crippen LogP contribution in [-0.4, -0.2) is 55.0 Å². The van der Waals surface area contributed by atoms with Crippen LogP contribution >= 0.6 is 0 Å². The Balaban J connectivity index is 1.79. The zero-order valence-electron chi connectivity index (χ0n) is 13.8. The number of hydrogen-bond donors (Lipinski definition) is 1. The zero-order chi connectivity index (χ0) is 15.9. The van der Waals surface area contributed by atoms with E-state index in [4.69, 9.17) is 0 Å². The molecule has 0 spiro atoms. The van der Waals surface area contributed by atoms with Crippen LogP contribution in [0.15, 0.2) is 37.1 Å². The fourth-order valence-electron chi connectivity index (χ4n) is 3.63. The molecule has 1 saturated carbocycles. The Morgan fingerprint density at radius 1 is 1.36 bits per heavy atom. The first-order valence-corrected chi connectivity index (χ1v) is 8.31. The fraction of sp³-hybridized carbons (Fsp3) is 0.611. The normalized spacial score (nSPS) is 27.1. The second-order valence-corrected chi connectivity index (χ2v) is 6.41. The molecule has 4 heteroatoms. The highest BCUT2D eigenvalue weighted by Gasteiger charge is 2.29. The van der Waals surface area contributed by atoms with E-state index in [-0.39, 0.29) is 5.91 Å². The van der Waals surface area contributed by atoms with E-state index in [1.807, 2.05) is 18.2 Å². The van der Waals surface area contributed by atoms with Crippen LogP contribution in [0.2, 0.25) is 0 Å². The maximum absolute atomic E-state index is 11.5. The number of likely N-dealkylation sites (N-methyl/N-ethyl adjacent to an activating group) is 1. The van der Waals surface area contributed by atoms with Crippen LogP contribution in [0.3, 0.4) is 0 Å². The molecule has 1 saturated heterocycles. The first kappa shape index (κ1) is 16.8. The van der Waals surface area contributed by atoms with Crippen LogP contribution in [0.5, 0.6) is 0 Å². The van der Waals surface area contributed by atoms with Gasteiger partial charge in [0.25, 0.3) is 0 Å². The van der Waals surface area contributed by atoms with Gasteiger partial charge in [0.15, 0.2) is 0 Å². The minimum absolute atomic E-state index is 0.179. The van der Waals surface area contributed by atoms with Gasteiger partial charge in [0.1, 0.15) is 0 Å². The molecule has 1 aliphatic carbocycles. The third-order valence-electron chi connectivity index (χ3n) is 4.87. The summed E-state index contributed by atoms with van der Waals surface area (Å²) < 4.78 is 0. The monoisotopic (exact) mass is 303 g/mol. The summed E-state index contributed by atoms with van der Waals surface area (Å²) in [6.07, 6.45) is 10.6. The Bertz CT molecular complexity index is 436. The molecule has 0 bridgehead atoms. The topological polar surface area (TPSA) is 35.6 Å². The molecule has 4 nitrogen and oxygen atoms in total. The van der Waals surface area contributed by atoms with E-state index in [9.17, 15) is 4.79 Å². The van der Waals surface area contributed by atoms with Crippen molar-refractivity contribution in [3.63, 3.8) is 0 Å². The van der Waals surface area contributed by atoms with Crippen LogP contribution in [0.1, 0.15) is 25.7 Å². The minimum atomic E-state index is 0.179. The van der Waals surface area contributed by atoms with E-state index in [0.717, 1.165) is 31.2 Å². The smallest absolute Gasteiger partial charge is 0.234 e. The summed E-state index contributed by atoms with van der Waals surface area (Å²) >= 11 is 0. The second-order valence-electron chi connectivity index (χ2n) is 6.41. The largest absolute Gasteiger partial charge is 0.374 e. The zero-order valence-corrected chi connectivity index (χ0v) is 13.8. The Morgan fingerprint density at radius 3 is 2.68 bits per heavy atom. The Morgan fingerprint density at radius 2 is 2.09 bits per heavy atom. The molecule has 0 aromatic carbocycles. The molecule has 22 heavy (non-hydrogen) atoms. The van der Waals surface area contributed by atoms with Crippen LogP contribution in [0.4, 0.5) is 0 Å². The van der Waals surface area contributed by atoms with Gasteiger partial charge in [0, 0.05) is 38.4 Å². The molecule has 0 atom stereocenters. The molecule has 122 valence electrons. The van der Waals surface area contributed by atoms with Gasteiger partial charge in [0.2, 0.25) is 5.91 Å². The molecule has 0 aromatic heterocycles. The highest BCUT2D eigenvalue weighted by atomic mass is 16.2. The lowest BCUT2D eigenvalue weighted by atomic mass is 9.84. The molecule has 2 fully saturated rings. The number of piperazine rings is 1. The summed E-state index contributed by atoms with van der Waals surface area (Å²) in [5, 5.41) is 2.91. The third-order valence-corrected chi connectivity index (χ3v) is 4.87. The molecule has 1 heterocycles. The van der Waals surface area contributed by atoms with Gasteiger partial charge in [-0.3, -0.25) is 9.69 Å². The maximum atomic E-state index is 11.5. The molecular weight excluding hydrogens is 274 g/mol. The average molecular weight is 303 g/mol. The molecule has 0 radical (unpaired) electrons. The Hall–Kier alpha value is -1.55. The van der Waals surface area contributed by atoms with Crippen molar-refractivity contribution in [1.29, 1.82) is 0 Å². The summed E-state index contributed by atoms with van der Waals surface area (Å²) in [5.74, 6) is 0.909. The number of carbonyl (C=O) groups excluding carboxylic acids is 1. The summed E-state index contributed by atoms with van der Waals surface area (Å²) in [5.41, 5.74) is 1.13. The lowest BCUT2D eigenvalue weighted by Gasteiger charge is -2.39. The van der Waals surface area contributed by atoms with E-state index in [1.165, 1.54) is 25.7 Å². The summed E-state index contributed by atoms with van der Waals surface area (Å²) in [6, 6.07) is 0.593. The van der Waals surface area contributed by atoms with Crippen molar-refractivity contribution in [2.45, 2.75) is 31.7 Å². The number of rotatable bonds is 6. The lowest BCUT2D eigenvalue weighted by Crippen LogP contribution is -2.52. The number of hydrogen-bond acceptors (Lipinski definition) is 3. The predicted molar refractivity (Wildman–Crippen MR) is 91.4 cm³/mol. The lowest BCUT2D eigenvalue weighted by molar-refractivity contribution is -0.125. The SMILES string of the molecule is C=CC=C(C=C)N(C)CC1CCC(N2CCNC(=O)C2)CC1. The van der Waals surface area contributed by atoms with Crippen LogP contribution in [0.25, 0.3) is 0 Å². The second kappa shape index (κ2) is 8.18. The van der Waals surface area contributed by atoms with Gasteiger partial charge in [-0.1, -0.05) is 19.2 Å². The van der Waals surface area contributed by atoms with Gasteiger partial charge in [-0.15, -0.1) is 0 Å². The fourth-order valence-corrected chi connectivity index (χ4v) is 3.63. The van der Waals surface area contributed by atoms with E-state index in [0.29, 0.717) is 12.6 Å². The van der Waals surface area contributed by atoms with Crippen molar-refractivity contribution >= 4 is 5.91 Å². The first-order valence-electron chi connectivity index (χ1n) is 8.31. The van der Waals surface area contributed by atoms with Crippen molar-refractivity contribution in [2.24, 2.45) is 5.92 Å². The van der Waals surface area contributed by atoms with Gasteiger partial charge in [-0.05, 0) is 43.8 Å². The molecule has 1 aliphatic heterocycles. The van der Waals surface area contributed by atoms with Gasteiger partial charge in [-0.25, -0.2) is 0 Å². The van der Waals surface area contributed by atoms with Crippen molar-refractivity contribution < 1.29 is 4.79 Å². The first-order chi connectivity index (χ1) is 10.6. The van der Waals surface area contributed by atoms with E-state index in [1.54, 1.807) is 0 Å². The molecule has 1 N–H and O–H groups in total. The van der Waals surface area contributed by atoms with Gasteiger partial charge < -0.3 is 10.2 Å². The van der Waals surface area contributed by atoms with Crippen LogP contribution < -0.4 is 5.32 Å². The summed E-state index contributed by atoms with van der Waals surface area (Å²) in [6.45, 7) is 11.1. The van der Waals surface area contributed by atoms with Gasteiger partial charge >= 0.3 is 0 Å². The molecule has 2 aliphatic rings. The highest BCUT2D eigenvalue weighted by Crippen LogP contribution is 2.29. The van der Waals surface area contributed by atoms with Crippen molar-refractivity contribution in [3.05, 3.63) is 37.1 Å². The quantitative estimate of drug-likeness (QED) is 0.764. The van der Waals surface area contributed by atoms with Gasteiger partial charge in [-0.2, -0.15) is 0 Å². The van der Waals surface area contributed by atoms with Gasteiger partial charge in [0.05, 0.1) is 6.54 Å². The van der Waals surface area contributed by atoms with E-state index >= 15 is 0 Å². The predicted octanol–water partition coefficient (Wildman–Crippen LogP) is 2.16. The van der Waals surface area contributed by atoms with Crippen molar-refractivity contribution in [2.75, 3.05) is 33.2 Å². The van der Waals surface area contributed by atoms with E-state index in [2.05, 4.69) is 35.3 Å². The molecule has 0 unspecified atom stereocenters. The summed E-state index contributed by atoms with van der Waals surface area (Å²) in [7, 11) is 2.12. The minimum Gasteiger partial charge on any atom is -0.374 e. The van der Waals surface area contributed by atoms with Crippen LogP contribution in [-0.2, 0) is 4.79 Å². The average Bonchev–Trinajstić information content (AvgIpc) is 2.53. The number of nitrogens with zero attached hydrogens (tertiary/aromatic N) is 2. The van der Waals surface area contributed by atoms with Crippen LogP contribution in [0, 0.1) is 5.92 Å². The Labute approximate surface area is 134 Å². The number of carbonyl (C=O) groups is 1. The number of nitrogens with one attached hydrogen (secondary N) is 1. The standard InChI is InChI=1S/C18H29N3O/c1-4-6-16(5-2)20(3)13-15-7-9-17(10-8-15)21-12-11-19-18(22)14-21/h4-6,15,17H,1-2,7-14H2,3H3,(H,19,22). The summed E-state index contributed by atoms with van der Waals surface area (Å²) in [4.78, 5) is 16.2. The van der Waals surface area contributed by atoms with E-state index < -0.39 is 0 Å². The highest BCUT2D eigenvalue weighted by molar-refractivity contribution is 5.78. The van der Waals surface area contributed by atoms with Crippen molar-refractivity contribution in [1.82, 2.24) is 15.1 Å². The number of amides is 1. The Kier molecular flexibility index (Phi) is 6.25. The van der Waals surface area contributed by atoms with Crippen molar-refractivity contribution in [3.8, 4) is 0 Å². The molecular formula is C18H29N3O.